The van der Waals surface area contributed by atoms with Crippen LogP contribution in [0.4, 0.5) is 0 Å². The summed E-state index contributed by atoms with van der Waals surface area (Å²) in [7, 11) is 0. The molecule has 0 aromatic heterocycles. The second-order valence-electron chi connectivity index (χ2n) is 5.86. The molecule has 0 amide bonds. The molecule has 0 saturated carbocycles. The van der Waals surface area contributed by atoms with E-state index in [-0.39, 0.29) is 15.0 Å². The average Bonchev–Trinajstić information content (AvgIpc) is 2.54. The second kappa shape index (κ2) is 9.16. The summed E-state index contributed by atoms with van der Waals surface area (Å²) in [5.41, 5.74) is 0. The molecule has 1 aliphatic heterocycles. The molecule has 1 fully saturated rings. The Labute approximate surface area is 158 Å². The molecule has 5 atom stereocenters. The van der Waals surface area contributed by atoms with Crippen molar-refractivity contribution >= 4 is 37.3 Å². The summed E-state index contributed by atoms with van der Waals surface area (Å²) in [6.45, 7) is 5.53. The van der Waals surface area contributed by atoms with Crippen molar-refractivity contribution in [1.82, 2.24) is 0 Å². The summed E-state index contributed by atoms with van der Waals surface area (Å²) in [6, 6.07) is 9.65. The normalized spacial score (nSPS) is 28.1. The maximum absolute atomic E-state index is 11.6. The summed E-state index contributed by atoms with van der Waals surface area (Å²) < 4.78 is 23.2. The minimum atomic E-state index is -0.931. The van der Waals surface area contributed by atoms with Gasteiger partial charge in [-0.05, 0) is 0 Å². The third-order valence-corrected chi connectivity index (χ3v) is 6.05. The van der Waals surface area contributed by atoms with Gasteiger partial charge in [0.25, 0.3) is 0 Å². The van der Waals surface area contributed by atoms with Gasteiger partial charge in [-0.15, -0.1) is 0 Å². The van der Waals surface area contributed by atoms with E-state index in [1.807, 2.05) is 30.3 Å². The Morgan fingerprint density at radius 2 is 1.35 bits per heavy atom. The molecular weight excluding hydrogens is 407 g/mol. The molecule has 2 rings (SSSR count). The van der Waals surface area contributed by atoms with Crippen molar-refractivity contribution in [3.8, 4) is 0 Å². The minimum absolute atomic E-state index is 0.213. The van der Waals surface area contributed by atoms with Crippen molar-refractivity contribution in [2.24, 2.45) is 0 Å². The van der Waals surface area contributed by atoms with Crippen LogP contribution in [0.25, 0.3) is 0 Å². The molecule has 1 aromatic carbocycles. The molecular formula is C18H22O7Se. The van der Waals surface area contributed by atoms with E-state index in [1.54, 1.807) is 6.92 Å². The predicted molar refractivity (Wildman–Crippen MR) is 92.8 cm³/mol. The molecule has 0 bridgehead atoms. The van der Waals surface area contributed by atoms with E-state index >= 15 is 0 Å². The topological polar surface area (TPSA) is 88.1 Å². The Balaban J connectivity index is 2.33. The molecule has 142 valence electrons. The van der Waals surface area contributed by atoms with Crippen molar-refractivity contribution in [1.29, 1.82) is 0 Å². The van der Waals surface area contributed by atoms with E-state index in [0.717, 1.165) is 4.46 Å². The van der Waals surface area contributed by atoms with Gasteiger partial charge in [-0.2, -0.15) is 0 Å². The van der Waals surface area contributed by atoms with Gasteiger partial charge in [-0.1, -0.05) is 0 Å². The number of benzene rings is 1. The van der Waals surface area contributed by atoms with Crippen molar-refractivity contribution in [2.45, 2.75) is 57.1 Å². The first-order valence-corrected chi connectivity index (χ1v) is 10.0. The Kier molecular flexibility index (Phi) is 7.20. The van der Waals surface area contributed by atoms with Gasteiger partial charge in [0.1, 0.15) is 0 Å². The van der Waals surface area contributed by atoms with E-state index < -0.39 is 47.3 Å². The van der Waals surface area contributed by atoms with Crippen LogP contribution < -0.4 is 4.46 Å². The van der Waals surface area contributed by atoms with Crippen LogP contribution >= 0.6 is 0 Å². The fourth-order valence-corrected chi connectivity index (χ4v) is 5.13. The van der Waals surface area contributed by atoms with Crippen LogP contribution in [0.3, 0.4) is 0 Å². The summed E-state index contributed by atoms with van der Waals surface area (Å²) in [5.74, 6) is -1.61. The number of carbonyl (C=O) groups excluding carboxylic acids is 3. The molecule has 26 heavy (non-hydrogen) atoms. The van der Waals surface area contributed by atoms with Crippen molar-refractivity contribution < 1.29 is 33.3 Å². The monoisotopic (exact) mass is 430 g/mol. The molecule has 1 aromatic rings. The van der Waals surface area contributed by atoms with Crippen LogP contribution in [0.15, 0.2) is 30.3 Å². The average molecular weight is 429 g/mol. The zero-order chi connectivity index (χ0) is 19.3. The van der Waals surface area contributed by atoms with Gasteiger partial charge in [0.15, 0.2) is 0 Å². The van der Waals surface area contributed by atoms with Gasteiger partial charge in [0.2, 0.25) is 0 Å². The van der Waals surface area contributed by atoms with Crippen LogP contribution in [0, 0.1) is 0 Å². The first kappa shape index (κ1) is 20.4. The Hall–Kier alpha value is -1.89. The quantitative estimate of drug-likeness (QED) is 0.384. The number of esters is 3. The number of rotatable bonds is 5. The van der Waals surface area contributed by atoms with Crippen molar-refractivity contribution in [3.05, 3.63) is 30.3 Å². The summed E-state index contributed by atoms with van der Waals surface area (Å²) in [6.07, 6.45) is -3.17. The summed E-state index contributed by atoms with van der Waals surface area (Å²) in [5, 5.41) is -0.486. The van der Waals surface area contributed by atoms with Crippen LogP contribution in [-0.4, -0.2) is 62.3 Å². The Morgan fingerprint density at radius 3 is 1.88 bits per heavy atom. The number of carbonyl (C=O) groups is 3. The molecule has 0 spiro atoms. The first-order valence-electron chi connectivity index (χ1n) is 8.16. The Bertz CT molecular complexity index is 648. The van der Waals surface area contributed by atoms with Gasteiger partial charge in [0.05, 0.1) is 0 Å². The number of hydrogen-bond acceptors (Lipinski definition) is 7. The van der Waals surface area contributed by atoms with E-state index in [9.17, 15) is 14.4 Å². The molecule has 1 heterocycles. The second-order valence-corrected chi connectivity index (χ2v) is 8.32. The summed E-state index contributed by atoms with van der Waals surface area (Å²) >= 11 is -0.213. The van der Waals surface area contributed by atoms with Gasteiger partial charge in [-0.25, -0.2) is 0 Å². The summed E-state index contributed by atoms with van der Waals surface area (Å²) in [4.78, 5) is 34.7. The van der Waals surface area contributed by atoms with Gasteiger partial charge < -0.3 is 0 Å². The first-order chi connectivity index (χ1) is 12.3. The van der Waals surface area contributed by atoms with Gasteiger partial charge >= 0.3 is 158 Å². The molecule has 0 radical (unpaired) electrons. The zero-order valence-electron chi connectivity index (χ0n) is 15.0. The number of ether oxygens (including phenoxy) is 4. The van der Waals surface area contributed by atoms with Crippen LogP contribution in [0.5, 0.6) is 0 Å². The van der Waals surface area contributed by atoms with Crippen molar-refractivity contribution in [2.75, 3.05) is 0 Å². The molecule has 1 saturated heterocycles. The standard InChI is InChI=1S/C18H22O7Se/c1-10-15(23-11(2)19)16(24-12(3)20)17(25-13(4)21)18(22-10)26-14-8-6-5-7-9-14/h5-10,15-18H,1-4H3/t10?,15-,16?,17?,18-/m0/s1. The van der Waals surface area contributed by atoms with E-state index in [1.165, 1.54) is 20.8 Å². The molecule has 3 unspecified atom stereocenters. The van der Waals surface area contributed by atoms with Crippen molar-refractivity contribution in [3.63, 3.8) is 0 Å². The third-order valence-electron chi connectivity index (χ3n) is 3.63. The van der Waals surface area contributed by atoms with E-state index in [4.69, 9.17) is 18.9 Å². The molecule has 0 aliphatic carbocycles. The zero-order valence-corrected chi connectivity index (χ0v) is 16.8. The van der Waals surface area contributed by atoms with E-state index in [0.29, 0.717) is 0 Å². The van der Waals surface area contributed by atoms with Gasteiger partial charge in [0, 0.05) is 0 Å². The van der Waals surface area contributed by atoms with Crippen LogP contribution in [0.2, 0.25) is 0 Å². The SMILES string of the molecule is CC(=O)OC1C(OC(C)=O)[C@H]([Se]c2ccccc2)OC(C)[C@@H]1OC(C)=O. The maximum atomic E-state index is 11.6. The fourth-order valence-electron chi connectivity index (χ4n) is 2.70. The van der Waals surface area contributed by atoms with Crippen LogP contribution in [-0.2, 0) is 33.3 Å². The molecule has 0 N–H and O–H groups in total. The predicted octanol–water partition coefficient (Wildman–Crippen LogP) is 0.556. The van der Waals surface area contributed by atoms with Gasteiger partial charge in [-0.3, -0.25) is 0 Å². The van der Waals surface area contributed by atoms with Crippen LogP contribution in [0.1, 0.15) is 27.7 Å². The van der Waals surface area contributed by atoms with E-state index in [2.05, 4.69) is 0 Å². The fraction of sp³-hybridized carbons (Fsp3) is 0.500. The molecule has 8 heteroatoms. The Morgan fingerprint density at radius 1 is 0.846 bits per heavy atom. The molecule has 1 aliphatic rings. The molecule has 7 nitrogen and oxygen atoms in total. The number of hydrogen-bond donors (Lipinski definition) is 0. The third kappa shape index (κ3) is 5.56.